The molecule has 0 unspecified atom stereocenters. The number of nitrogens with zero attached hydrogens (tertiary/aromatic N) is 4. The first-order chi connectivity index (χ1) is 13.6. The molecule has 8 nitrogen and oxygen atoms in total. The van der Waals surface area contributed by atoms with Crippen molar-refractivity contribution in [3.05, 3.63) is 47.4 Å². The van der Waals surface area contributed by atoms with E-state index in [4.69, 9.17) is 4.74 Å². The first-order valence-electron chi connectivity index (χ1n) is 9.31. The van der Waals surface area contributed by atoms with Gasteiger partial charge in [0.25, 0.3) is 5.91 Å². The molecule has 0 radical (unpaired) electrons. The van der Waals surface area contributed by atoms with Gasteiger partial charge in [-0.2, -0.15) is 0 Å². The number of anilines is 1. The van der Waals surface area contributed by atoms with E-state index in [0.29, 0.717) is 56.5 Å². The number of amides is 2. The molecule has 1 aliphatic heterocycles. The summed E-state index contributed by atoms with van der Waals surface area (Å²) in [6.07, 6.45) is 1.53. The minimum absolute atomic E-state index is 0.229. The summed E-state index contributed by atoms with van der Waals surface area (Å²) >= 11 is 0. The molecule has 0 saturated carbocycles. The fraction of sp³-hybridized carbons (Fsp3) is 0.400. The summed E-state index contributed by atoms with van der Waals surface area (Å²) in [7, 11) is 1.64. The van der Waals surface area contributed by atoms with Crippen molar-refractivity contribution >= 4 is 18.1 Å². The van der Waals surface area contributed by atoms with E-state index >= 15 is 0 Å². The number of aryl methyl sites for hydroxylation is 1. The molecule has 0 spiro atoms. The van der Waals surface area contributed by atoms with Crippen LogP contribution in [0.5, 0.6) is 5.75 Å². The molecule has 1 N–H and O–H groups in total. The zero-order chi connectivity index (χ0) is 19.9. The van der Waals surface area contributed by atoms with Crippen molar-refractivity contribution in [1.82, 2.24) is 20.2 Å². The molecule has 1 aromatic heterocycles. The summed E-state index contributed by atoms with van der Waals surface area (Å²) in [6.45, 7) is 4.92. The maximum absolute atomic E-state index is 12.6. The molecule has 8 heteroatoms. The summed E-state index contributed by atoms with van der Waals surface area (Å²) in [5.74, 6) is 1.85. The number of para-hydroxylation sites is 1. The van der Waals surface area contributed by atoms with E-state index in [1.54, 1.807) is 25.0 Å². The van der Waals surface area contributed by atoms with Gasteiger partial charge < -0.3 is 19.9 Å². The zero-order valence-corrected chi connectivity index (χ0v) is 16.2. The monoisotopic (exact) mass is 383 g/mol. The second-order valence-corrected chi connectivity index (χ2v) is 6.60. The molecule has 1 aliphatic rings. The van der Waals surface area contributed by atoms with Gasteiger partial charge in [-0.3, -0.25) is 9.59 Å². The first kappa shape index (κ1) is 19.6. The average molecular weight is 383 g/mol. The molecule has 1 saturated heterocycles. The molecule has 2 amide bonds. The highest BCUT2D eigenvalue weighted by Gasteiger charge is 2.19. The zero-order valence-electron chi connectivity index (χ0n) is 16.2. The number of nitrogens with one attached hydrogen (secondary N) is 1. The summed E-state index contributed by atoms with van der Waals surface area (Å²) in [5, 5.41) is 2.91. The van der Waals surface area contributed by atoms with Gasteiger partial charge >= 0.3 is 0 Å². The number of methoxy groups -OCH3 is 1. The van der Waals surface area contributed by atoms with Gasteiger partial charge in [0.2, 0.25) is 6.41 Å². The van der Waals surface area contributed by atoms with Crippen molar-refractivity contribution < 1.29 is 14.3 Å². The van der Waals surface area contributed by atoms with E-state index in [1.807, 2.05) is 24.3 Å². The minimum atomic E-state index is -0.229. The van der Waals surface area contributed by atoms with Gasteiger partial charge in [0.15, 0.2) is 0 Å². The van der Waals surface area contributed by atoms with Gasteiger partial charge in [0.05, 0.1) is 7.11 Å². The summed E-state index contributed by atoms with van der Waals surface area (Å²) < 4.78 is 5.34. The van der Waals surface area contributed by atoms with E-state index in [2.05, 4.69) is 20.2 Å². The molecular weight excluding hydrogens is 358 g/mol. The van der Waals surface area contributed by atoms with Gasteiger partial charge in [-0.15, -0.1) is 0 Å². The molecule has 0 bridgehead atoms. The number of piperazine rings is 1. The molecular formula is C20H25N5O3. The van der Waals surface area contributed by atoms with Crippen LogP contribution in [0.3, 0.4) is 0 Å². The number of ether oxygens (including phenoxy) is 1. The van der Waals surface area contributed by atoms with Gasteiger partial charge in [-0.1, -0.05) is 18.2 Å². The van der Waals surface area contributed by atoms with Crippen LogP contribution in [0.2, 0.25) is 0 Å². The van der Waals surface area contributed by atoms with Crippen LogP contribution in [-0.2, 0) is 11.2 Å². The van der Waals surface area contributed by atoms with E-state index in [-0.39, 0.29) is 5.91 Å². The molecule has 0 atom stereocenters. The Hall–Kier alpha value is -3.16. The van der Waals surface area contributed by atoms with Crippen molar-refractivity contribution in [2.75, 3.05) is 44.7 Å². The van der Waals surface area contributed by atoms with Crippen LogP contribution in [0.4, 0.5) is 5.82 Å². The van der Waals surface area contributed by atoms with Crippen LogP contribution in [0.1, 0.15) is 21.9 Å². The normalized spacial score (nSPS) is 13.9. The van der Waals surface area contributed by atoms with E-state index < -0.39 is 0 Å². The molecule has 1 fully saturated rings. The lowest BCUT2D eigenvalue weighted by molar-refractivity contribution is -0.118. The number of carbonyl (C=O) groups is 2. The smallest absolute Gasteiger partial charge is 0.270 e. The second kappa shape index (κ2) is 9.16. The maximum Gasteiger partial charge on any atom is 0.270 e. The van der Waals surface area contributed by atoms with Crippen LogP contribution >= 0.6 is 0 Å². The molecule has 148 valence electrons. The third-order valence-electron chi connectivity index (χ3n) is 4.72. The number of hydrogen-bond acceptors (Lipinski definition) is 6. The van der Waals surface area contributed by atoms with Crippen molar-refractivity contribution in [1.29, 1.82) is 0 Å². The summed E-state index contributed by atoms with van der Waals surface area (Å²) in [4.78, 5) is 36.0. The number of carbonyl (C=O) groups excluding carboxylic acids is 2. The fourth-order valence-electron chi connectivity index (χ4n) is 3.20. The lowest BCUT2D eigenvalue weighted by atomic mass is 10.1. The molecule has 2 heterocycles. The highest BCUT2D eigenvalue weighted by molar-refractivity contribution is 5.93. The van der Waals surface area contributed by atoms with E-state index in [9.17, 15) is 9.59 Å². The van der Waals surface area contributed by atoms with Gasteiger partial charge in [0.1, 0.15) is 23.1 Å². The SMILES string of the molecule is COc1ccccc1CCNC(=O)c1cc(N2CCN(C=O)CC2)nc(C)n1. The quantitative estimate of drug-likeness (QED) is 0.719. The summed E-state index contributed by atoms with van der Waals surface area (Å²) in [6, 6.07) is 9.46. The van der Waals surface area contributed by atoms with Gasteiger partial charge in [0, 0.05) is 38.8 Å². The predicted octanol–water partition coefficient (Wildman–Crippen LogP) is 1.04. The Morgan fingerprint density at radius 3 is 2.68 bits per heavy atom. The predicted molar refractivity (Wildman–Crippen MR) is 106 cm³/mol. The van der Waals surface area contributed by atoms with Crippen LogP contribution in [0.25, 0.3) is 0 Å². The first-order valence-corrected chi connectivity index (χ1v) is 9.31. The van der Waals surface area contributed by atoms with E-state index in [0.717, 1.165) is 17.7 Å². The molecule has 3 rings (SSSR count). The number of benzene rings is 1. The third kappa shape index (κ3) is 4.76. The minimum Gasteiger partial charge on any atom is -0.496 e. The van der Waals surface area contributed by atoms with Gasteiger partial charge in [-0.25, -0.2) is 9.97 Å². The lowest BCUT2D eigenvalue weighted by Crippen LogP contribution is -2.46. The fourth-order valence-corrected chi connectivity index (χ4v) is 3.20. The van der Waals surface area contributed by atoms with Crippen molar-refractivity contribution in [3.63, 3.8) is 0 Å². The van der Waals surface area contributed by atoms with Crippen molar-refractivity contribution in [2.24, 2.45) is 0 Å². The molecule has 0 aliphatic carbocycles. The van der Waals surface area contributed by atoms with E-state index in [1.165, 1.54) is 0 Å². The molecule has 2 aromatic rings. The molecule has 1 aromatic carbocycles. The van der Waals surface area contributed by atoms with Crippen molar-refractivity contribution in [2.45, 2.75) is 13.3 Å². The Labute approximate surface area is 164 Å². The Kier molecular flexibility index (Phi) is 6.41. The van der Waals surface area contributed by atoms with Crippen molar-refractivity contribution in [3.8, 4) is 5.75 Å². The van der Waals surface area contributed by atoms with Crippen LogP contribution in [0, 0.1) is 6.92 Å². The number of hydrogen-bond donors (Lipinski definition) is 1. The Bertz CT molecular complexity index is 834. The highest BCUT2D eigenvalue weighted by Crippen LogP contribution is 2.18. The van der Waals surface area contributed by atoms with Gasteiger partial charge in [-0.05, 0) is 25.0 Å². The largest absolute Gasteiger partial charge is 0.496 e. The Morgan fingerprint density at radius 2 is 1.96 bits per heavy atom. The average Bonchev–Trinajstić information content (AvgIpc) is 2.73. The van der Waals surface area contributed by atoms with Crippen LogP contribution in [0.15, 0.2) is 30.3 Å². The van der Waals surface area contributed by atoms with Crippen LogP contribution < -0.4 is 15.0 Å². The second-order valence-electron chi connectivity index (χ2n) is 6.60. The standard InChI is InChI=1S/C20H25N5O3/c1-15-22-17(13-19(23-15)25-11-9-24(14-26)10-12-25)20(27)21-8-7-16-5-3-4-6-18(16)28-2/h3-6,13-14H,7-12H2,1-2H3,(H,21,27). The highest BCUT2D eigenvalue weighted by atomic mass is 16.5. The Morgan fingerprint density at radius 1 is 1.21 bits per heavy atom. The summed E-state index contributed by atoms with van der Waals surface area (Å²) in [5.41, 5.74) is 1.39. The lowest BCUT2D eigenvalue weighted by Gasteiger charge is -2.33. The maximum atomic E-state index is 12.6. The third-order valence-corrected chi connectivity index (χ3v) is 4.72. The number of rotatable bonds is 7. The number of aromatic nitrogens is 2. The Balaban J connectivity index is 1.62. The topological polar surface area (TPSA) is 87.7 Å². The molecule has 28 heavy (non-hydrogen) atoms. The van der Waals surface area contributed by atoms with Crippen LogP contribution in [-0.4, -0.2) is 67.0 Å².